The Morgan fingerprint density at radius 3 is 1.96 bits per heavy atom. The highest BCUT2D eigenvalue weighted by Crippen LogP contribution is 2.29. The molecule has 1 fully saturated rings. The number of hydrogen-bond donors (Lipinski definition) is 0. The first-order chi connectivity index (χ1) is 11.4. The first kappa shape index (κ1) is 16.2. The monoisotopic (exact) mass is 309 g/mol. The van der Waals surface area contributed by atoms with Crippen molar-refractivity contribution < 1.29 is 4.74 Å². The summed E-state index contributed by atoms with van der Waals surface area (Å²) in [7, 11) is 0. The van der Waals surface area contributed by atoms with Crippen LogP contribution in [0.1, 0.15) is 37.3 Å². The molecule has 0 radical (unpaired) electrons. The van der Waals surface area contributed by atoms with Crippen molar-refractivity contribution in [2.75, 3.05) is 6.61 Å². The third kappa shape index (κ3) is 4.43. The van der Waals surface area contributed by atoms with Gasteiger partial charge in [-0.3, -0.25) is 4.90 Å². The zero-order valence-electron chi connectivity index (χ0n) is 14.0. The van der Waals surface area contributed by atoms with Crippen molar-refractivity contribution in [3.63, 3.8) is 0 Å². The summed E-state index contributed by atoms with van der Waals surface area (Å²) in [6, 6.07) is 22.1. The SMILES string of the molecule is CCOC1CCCC1N(Cc1ccccc1)Cc1ccccc1. The molecule has 2 unspecified atom stereocenters. The quantitative estimate of drug-likeness (QED) is 0.738. The van der Waals surface area contributed by atoms with Crippen LogP contribution in [0, 0.1) is 0 Å². The lowest BCUT2D eigenvalue weighted by atomic mass is 10.1. The van der Waals surface area contributed by atoms with E-state index in [2.05, 4.69) is 72.5 Å². The molecule has 1 saturated carbocycles. The van der Waals surface area contributed by atoms with E-state index in [1.54, 1.807) is 0 Å². The lowest BCUT2D eigenvalue weighted by Gasteiger charge is -2.33. The fraction of sp³-hybridized carbons (Fsp3) is 0.429. The number of benzene rings is 2. The van der Waals surface area contributed by atoms with E-state index in [1.807, 2.05) is 0 Å². The van der Waals surface area contributed by atoms with Crippen LogP contribution in [-0.4, -0.2) is 23.7 Å². The molecule has 122 valence electrons. The van der Waals surface area contributed by atoms with Gasteiger partial charge in [-0.25, -0.2) is 0 Å². The van der Waals surface area contributed by atoms with E-state index in [0.29, 0.717) is 12.1 Å². The van der Waals surface area contributed by atoms with Gasteiger partial charge in [0.15, 0.2) is 0 Å². The topological polar surface area (TPSA) is 12.5 Å². The molecule has 0 spiro atoms. The van der Waals surface area contributed by atoms with Gasteiger partial charge in [0, 0.05) is 25.7 Å². The van der Waals surface area contributed by atoms with Crippen molar-refractivity contribution in [1.29, 1.82) is 0 Å². The third-order valence-electron chi connectivity index (χ3n) is 4.72. The van der Waals surface area contributed by atoms with Crippen molar-refractivity contribution >= 4 is 0 Å². The Kier molecular flexibility index (Phi) is 5.84. The average Bonchev–Trinajstić information content (AvgIpc) is 3.05. The largest absolute Gasteiger partial charge is 0.377 e. The molecule has 0 saturated heterocycles. The summed E-state index contributed by atoms with van der Waals surface area (Å²) >= 11 is 0. The van der Waals surface area contributed by atoms with Crippen LogP contribution in [-0.2, 0) is 17.8 Å². The van der Waals surface area contributed by atoms with Gasteiger partial charge in [0.2, 0.25) is 0 Å². The Morgan fingerprint density at radius 2 is 1.43 bits per heavy atom. The fourth-order valence-electron chi connectivity index (χ4n) is 3.66. The number of ether oxygens (including phenoxy) is 1. The molecule has 1 aliphatic rings. The van der Waals surface area contributed by atoms with Crippen molar-refractivity contribution in [3.8, 4) is 0 Å². The molecule has 2 atom stereocenters. The van der Waals surface area contributed by atoms with E-state index in [4.69, 9.17) is 4.74 Å². The second-order valence-corrected chi connectivity index (χ2v) is 6.37. The predicted molar refractivity (Wildman–Crippen MR) is 95.2 cm³/mol. The van der Waals surface area contributed by atoms with Crippen molar-refractivity contribution in [1.82, 2.24) is 4.90 Å². The molecule has 3 rings (SSSR count). The maximum atomic E-state index is 6.03. The molecule has 0 bridgehead atoms. The molecule has 2 aromatic rings. The van der Waals surface area contributed by atoms with E-state index in [9.17, 15) is 0 Å². The van der Waals surface area contributed by atoms with Gasteiger partial charge in [-0.1, -0.05) is 60.7 Å². The van der Waals surface area contributed by atoms with Gasteiger partial charge >= 0.3 is 0 Å². The average molecular weight is 309 g/mol. The summed E-state index contributed by atoms with van der Waals surface area (Å²) in [5, 5.41) is 0. The first-order valence-corrected chi connectivity index (χ1v) is 8.80. The molecule has 23 heavy (non-hydrogen) atoms. The van der Waals surface area contributed by atoms with Crippen molar-refractivity contribution in [2.45, 2.75) is 51.4 Å². The van der Waals surface area contributed by atoms with Crippen molar-refractivity contribution in [2.24, 2.45) is 0 Å². The molecule has 2 nitrogen and oxygen atoms in total. The summed E-state index contributed by atoms with van der Waals surface area (Å²) in [6.07, 6.45) is 4.09. The van der Waals surface area contributed by atoms with Crippen molar-refractivity contribution in [3.05, 3.63) is 71.8 Å². The second kappa shape index (κ2) is 8.28. The summed E-state index contributed by atoms with van der Waals surface area (Å²) in [4.78, 5) is 2.61. The van der Waals surface area contributed by atoms with Gasteiger partial charge in [0.05, 0.1) is 6.10 Å². The highest BCUT2D eigenvalue weighted by molar-refractivity contribution is 5.17. The maximum Gasteiger partial charge on any atom is 0.0730 e. The standard InChI is InChI=1S/C21H27NO/c1-2-23-21-15-9-14-20(21)22(16-18-10-5-3-6-11-18)17-19-12-7-4-8-13-19/h3-8,10-13,20-21H,2,9,14-17H2,1H3. The van der Waals surface area contributed by atoms with E-state index in [-0.39, 0.29) is 0 Å². The minimum atomic E-state index is 0.382. The summed E-state index contributed by atoms with van der Waals surface area (Å²) in [6.45, 7) is 4.90. The normalized spacial score (nSPS) is 21.0. The molecule has 2 aromatic carbocycles. The van der Waals surface area contributed by atoms with Gasteiger partial charge in [-0.05, 0) is 37.3 Å². The Bertz CT molecular complexity index is 527. The number of hydrogen-bond acceptors (Lipinski definition) is 2. The van der Waals surface area contributed by atoms with Crippen LogP contribution in [0.25, 0.3) is 0 Å². The van der Waals surface area contributed by atoms with Crippen LogP contribution >= 0.6 is 0 Å². The minimum absolute atomic E-state index is 0.382. The predicted octanol–water partition coefficient (Wildman–Crippen LogP) is 4.65. The van der Waals surface area contributed by atoms with Gasteiger partial charge in [-0.15, -0.1) is 0 Å². The summed E-state index contributed by atoms with van der Waals surface area (Å²) in [5.74, 6) is 0. The summed E-state index contributed by atoms with van der Waals surface area (Å²) < 4.78 is 6.03. The Morgan fingerprint density at radius 1 is 0.870 bits per heavy atom. The van der Waals surface area contributed by atoms with E-state index in [0.717, 1.165) is 19.7 Å². The van der Waals surface area contributed by atoms with Crippen LogP contribution in [0.3, 0.4) is 0 Å². The van der Waals surface area contributed by atoms with Crippen LogP contribution in [0.15, 0.2) is 60.7 Å². The highest BCUT2D eigenvalue weighted by Gasteiger charge is 2.32. The minimum Gasteiger partial charge on any atom is -0.377 e. The van der Waals surface area contributed by atoms with Gasteiger partial charge in [0.25, 0.3) is 0 Å². The van der Waals surface area contributed by atoms with Gasteiger partial charge in [0.1, 0.15) is 0 Å². The van der Waals surface area contributed by atoms with Crippen LogP contribution in [0.4, 0.5) is 0 Å². The summed E-state index contributed by atoms with van der Waals surface area (Å²) in [5.41, 5.74) is 2.76. The second-order valence-electron chi connectivity index (χ2n) is 6.37. The van der Waals surface area contributed by atoms with Crippen LogP contribution in [0.5, 0.6) is 0 Å². The van der Waals surface area contributed by atoms with Gasteiger partial charge in [-0.2, -0.15) is 0 Å². The molecule has 2 heteroatoms. The number of rotatable bonds is 7. The number of nitrogens with zero attached hydrogens (tertiary/aromatic N) is 1. The van der Waals surface area contributed by atoms with E-state index in [1.165, 1.54) is 30.4 Å². The molecule has 0 N–H and O–H groups in total. The van der Waals surface area contributed by atoms with E-state index >= 15 is 0 Å². The fourth-order valence-corrected chi connectivity index (χ4v) is 3.66. The Balaban J connectivity index is 1.77. The molecule has 1 aliphatic carbocycles. The maximum absolute atomic E-state index is 6.03. The smallest absolute Gasteiger partial charge is 0.0730 e. The van der Waals surface area contributed by atoms with E-state index < -0.39 is 0 Å². The molecule has 0 amide bonds. The molecule has 0 heterocycles. The Labute approximate surface area is 140 Å². The molecule has 0 aromatic heterocycles. The third-order valence-corrected chi connectivity index (χ3v) is 4.72. The highest BCUT2D eigenvalue weighted by atomic mass is 16.5. The zero-order chi connectivity index (χ0) is 15.9. The molecular formula is C21H27NO. The zero-order valence-corrected chi connectivity index (χ0v) is 14.0. The molecular weight excluding hydrogens is 282 g/mol. The van der Waals surface area contributed by atoms with Crippen LogP contribution < -0.4 is 0 Å². The van der Waals surface area contributed by atoms with Crippen LogP contribution in [0.2, 0.25) is 0 Å². The Hall–Kier alpha value is -1.64. The lowest BCUT2D eigenvalue weighted by Crippen LogP contribution is -2.40. The first-order valence-electron chi connectivity index (χ1n) is 8.80. The lowest BCUT2D eigenvalue weighted by molar-refractivity contribution is 0.00193. The van der Waals surface area contributed by atoms with Gasteiger partial charge < -0.3 is 4.74 Å². The molecule has 0 aliphatic heterocycles.